The van der Waals surface area contributed by atoms with Gasteiger partial charge in [0.05, 0.1) is 0 Å². The molecule has 2 atom stereocenters. The lowest BCUT2D eigenvalue weighted by atomic mass is 9.94. The summed E-state index contributed by atoms with van der Waals surface area (Å²) in [6.45, 7) is 4.48. The average molecular weight is 510 g/mol. The summed E-state index contributed by atoms with van der Waals surface area (Å²) in [5.74, 6) is 0. The predicted molar refractivity (Wildman–Crippen MR) is 155 cm³/mol. The highest BCUT2D eigenvalue weighted by Gasteiger charge is 2.25. The standard InChI is InChI=1S/C33H51NO3/c1-3-5-7-9-11-13-15-17-27-19-23-29(24-20-27)32(35)31(34-37)33(36)30-25-21-28(22-26-30)18-16-14-12-10-8-6-4-2/h19-26,32-33,35-37H,3-18H2,1-2H3. The van der Waals surface area contributed by atoms with Gasteiger partial charge < -0.3 is 15.4 Å². The molecule has 0 fully saturated rings. The third-order valence-electron chi connectivity index (χ3n) is 7.40. The molecule has 0 aliphatic carbocycles. The van der Waals surface area contributed by atoms with Gasteiger partial charge in [-0.2, -0.15) is 0 Å². The van der Waals surface area contributed by atoms with Gasteiger partial charge in [-0.3, -0.25) is 0 Å². The number of hydrogen-bond acceptors (Lipinski definition) is 4. The molecule has 0 bridgehead atoms. The molecule has 0 amide bonds. The van der Waals surface area contributed by atoms with Crippen LogP contribution in [0.4, 0.5) is 0 Å². The number of aryl methyl sites for hydroxylation is 2. The summed E-state index contributed by atoms with van der Waals surface area (Å²) >= 11 is 0. The lowest BCUT2D eigenvalue weighted by molar-refractivity contribution is 0.184. The first-order chi connectivity index (χ1) is 18.1. The molecule has 0 radical (unpaired) electrons. The van der Waals surface area contributed by atoms with Crippen molar-refractivity contribution in [2.45, 2.75) is 129 Å². The van der Waals surface area contributed by atoms with Crippen molar-refractivity contribution in [1.29, 1.82) is 0 Å². The number of nitrogens with zero attached hydrogens (tertiary/aromatic N) is 1. The molecule has 2 rings (SSSR count). The van der Waals surface area contributed by atoms with Gasteiger partial charge in [0.2, 0.25) is 0 Å². The molecule has 0 heterocycles. The van der Waals surface area contributed by atoms with Gasteiger partial charge in [-0.15, -0.1) is 0 Å². The summed E-state index contributed by atoms with van der Waals surface area (Å²) in [6.07, 6.45) is 17.7. The number of oxime groups is 1. The van der Waals surface area contributed by atoms with E-state index in [0.29, 0.717) is 11.1 Å². The van der Waals surface area contributed by atoms with Crippen LogP contribution >= 0.6 is 0 Å². The van der Waals surface area contributed by atoms with Gasteiger partial charge in [0.1, 0.15) is 17.9 Å². The maximum absolute atomic E-state index is 10.8. The summed E-state index contributed by atoms with van der Waals surface area (Å²) in [6, 6.07) is 15.6. The molecule has 0 aliphatic rings. The molecule has 0 spiro atoms. The minimum atomic E-state index is -1.17. The van der Waals surface area contributed by atoms with Gasteiger partial charge >= 0.3 is 0 Å². The van der Waals surface area contributed by atoms with Crippen molar-refractivity contribution in [2.24, 2.45) is 5.16 Å². The lowest BCUT2D eigenvalue weighted by Crippen LogP contribution is -2.21. The summed E-state index contributed by atoms with van der Waals surface area (Å²) in [7, 11) is 0. The van der Waals surface area contributed by atoms with Crippen LogP contribution < -0.4 is 0 Å². The molecular weight excluding hydrogens is 458 g/mol. The number of rotatable bonds is 20. The van der Waals surface area contributed by atoms with Crippen molar-refractivity contribution in [3.8, 4) is 0 Å². The SMILES string of the molecule is CCCCCCCCCc1ccc(C(O)C(=NO)C(O)c2ccc(CCCCCCCCC)cc2)cc1. The van der Waals surface area contributed by atoms with Crippen LogP contribution in [-0.4, -0.2) is 21.1 Å². The topological polar surface area (TPSA) is 73.1 Å². The van der Waals surface area contributed by atoms with Gasteiger partial charge in [0.15, 0.2) is 0 Å². The molecule has 37 heavy (non-hydrogen) atoms. The second-order valence-corrected chi connectivity index (χ2v) is 10.6. The van der Waals surface area contributed by atoms with Crippen molar-refractivity contribution in [3.05, 3.63) is 70.8 Å². The summed E-state index contributed by atoms with van der Waals surface area (Å²) in [5, 5.41) is 34.6. The van der Waals surface area contributed by atoms with E-state index < -0.39 is 12.2 Å². The summed E-state index contributed by atoms with van der Waals surface area (Å²) < 4.78 is 0. The Morgan fingerprint density at radius 1 is 0.541 bits per heavy atom. The van der Waals surface area contributed by atoms with Crippen LogP contribution in [-0.2, 0) is 12.8 Å². The Morgan fingerprint density at radius 3 is 1.19 bits per heavy atom. The van der Waals surface area contributed by atoms with Gasteiger partial charge in [0, 0.05) is 0 Å². The highest BCUT2D eigenvalue weighted by atomic mass is 16.4. The zero-order valence-electron chi connectivity index (χ0n) is 23.4. The largest absolute Gasteiger partial charge is 0.411 e. The van der Waals surface area contributed by atoms with Crippen LogP contribution in [0.5, 0.6) is 0 Å². The minimum absolute atomic E-state index is 0.0559. The van der Waals surface area contributed by atoms with E-state index in [9.17, 15) is 15.4 Å². The van der Waals surface area contributed by atoms with Gasteiger partial charge in [0.25, 0.3) is 0 Å². The van der Waals surface area contributed by atoms with Crippen LogP contribution in [0, 0.1) is 0 Å². The van der Waals surface area contributed by atoms with Crippen LogP contribution in [0.25, 0.3) is 0 Å². The second kappa shape index (κ2) is 19.0. The van der Waals surface area contributed by atoms with Crippen LogP contribution in [0.1, 0.15) is 138 Å². The first-order valence-electron chi connectivity index (χ1n) is 14.9. The molecule has 3 N–H and O–H groups in total. The van der Waals surface area contributed by atoms with E-state index in [4.69, 9.17) is 0 Å². The zero-order chi connectivity index (χ0) is 26.7. The second-order valence-electron chi connectivity index (χ2n) is 10.6. The summed E-state index contributed by atoms with van der Waals surface area (Å²) in [5.41, 5.74) is 3.66. The molecular formula is C33H51NO3. The van der Waals surface area contributed by atoms with E-state index in [-0.39, 0.29) is 5.71 Å². The maximum atomic E-state index is 10.8. The molecule has 2 aromatic carbocycles. The quantitative estimate of drug-likeness (QED) is 0.0722. The first kappa shape index (κ1) is 31.1. The Labute approximate surface area is 225 Å². The van der Waals surface area contributed by atoms with Gasteiger partial charge in [-0.05, 0) is 47.9 Å². The van der Waals surface area contributed by atoms with Crippen molar-refractivity contribution in [1.82, 2.24) is 0 Å². The molecule has 0 saturated carbocycles. The Balaban J connectivity index is 1.81. The Bertz CT molecular complexity index is 791. The monoisotopic (exact) mass is 509 g/mol. The fourth-order valence-corrected chi connectivity index (χ4v) is 4.91. The van der Waals surface area contributed by atoms with Gasteiger partial charge in [-0.25, -0.2) is 0 Å². The third-order valence-corrected chi connectivity index (χ3v) is 7.40. The number of aliphatic hydroxyl groups is 2. The van der Waals surface area contributed by atoms with E-state index in [0.717, 1.165) is 12.8 Å². The predicted octanol–water partition coefficient (Wildman–Crippen LogP) is 8.87. The Morgan fingerprint density at radius 2 is 0.865 bits per heavy atom. The Hall–Kier alpha value is -2.17. The van der Waals surface area contributed by atoms with Crippen molar-refractivity contribution >= 4 is 5.71 Å². The van der Waals surface area contributed by atoms with Crippen LogP contribution in [0.2, 0.25) is 0 Å². The number of unbranched alkanes of at least 4 members (excludes halogenated alkanes) is 12. The van der Waals surface area contributed by atoms with Crippen molar-refractivity contribution < 1.29 is 15.4 Å². The molecule has 4 heteroatoms. The molecule has 0 aliphatic heterocycles. The number of hydrogen-bond donors (Lipinski definition) is 3. The maximum Gasteiger partial charge on any atom is 0.123 e. The third kappa shape index (κ3) is 11.8. The normalized spacial score (nSPS) is 12.9. The van der Waals surface area contributed by atoms with E-state index in [1.807, 2.05) is 48.5 Å². The highest BCUT2D eigenvalue weighted by molar-refractivity contribution is 5.93. The van der Waals surface area contributed by atoms with Crippen molar-refractivity contribution in [2.75, 3.05) is 0 Å². The molecule has 4 nitrogen and oxygen atoms in total. The number of aliphatic hydroxyl groups excluding tert-OH is 2. The lowest BCUT2D eigenvalue weighted by Gasteiger charge is -2.19. The molecule has 2 aromatic rings. The molecule has 2 unspecified atom stereocenters. The van der Waals surface area contributed by atoms with Gasteiger partial charge in [-0.1, -0.05) is 145 Å². The van der Waals surface area contributed by atoms with E-state index in [2.05, 4.69) is 19.0 Å². The summed E-state index contributed by atoms with van der Waals surface area (Å²) in [4.78, 5) is 0. The van der Waals surface area contributed by atoms with E-state index in [1.165, 1.54) is 101 Å². The molecule has 0 saturated heterocycles. The number of benzene rings is 2. The fourth-order valence-electron chi connectivity index (χ4n) is 4.91. The smallest absolute Gasteiger partial charge is 0.123 e. The Kier molecular flexibility index (Phi) is 15.9. The van der Waals surface area contributed by atoms with Crippen molar-refractivity contribution in [3.63, 3.8) is 0 Å². The first-order valence-corrected chi connectivity index (χ1v) is 14.9. The van der Waals surface area contributed by atoms with Crippen LogP contribution in [0.15, 0.2) is 53.7 Å². The van der Waals surface area contributed by atoms with E-state index in [1.54, 1.807) is 0 Å². The minimum Gasteiger partial charge on any atom is -0.411 e. The molecule has 0 aromatic heterocycles. The fraction of sp³-hybridized carbons (Fsp3) is 0.606. The zero-order valence-corrected chi connectivity index (χ0v) is 23.4. The van der Waals surface area contributed by atoms with Crippen LogP contribution in [0.3, 0.4) is 0 Å². The molecule has 206 valence electrons. The highest BCUT2D eigenvalue weighted by Crippen LogP contribution is 2.26. The van der Waals surface area contributed by atoms with E-state index >= 15 is 0 Å². The average Bonchev–Trinajstić information content (AvgIpc) is 2.93.